The average molecular weight is 291 g/mol. The van der Waals surface area contributed by atoms with Crippen LogP contribution in [0.2, 0.25) is 0 Å². The zero-order valence-corrected chi connectivity index (χ0v) is 14.0. The molecule has 1 amide bonds. The molecule has 0 spiro atoms. The zero-order valence-electron chi connectivity index (χ0n) is 14.0. The average Bonchev–Trinajstić information content (AvgIpc) is 2.42. The van der Waals surface area contributed by atoms with E-state index in [1.54, 1.807) is 0 Å². The molecular weight excluding hydrogens is 262 g/mol. The van der Waals surface area contributed by atoms with Crippen LogP contribution in [-0.2, 0) is 0 Å². The van der Waals surface area contributed by atoms with E-state index in [4.69, 9.17) is 0 Å². The van der Waals surface area contributed by atoms with Gasteiger partial charge in [0.2, 0.25) is 0 Å². The minimum atomic E-state index is -0.0103. The lowest BCUT2D eigenvalue weighted by molar-refractivity contribution is 0.0929. The topological polar surface area (TPSA) is 44.4 Å². The van der Waals surface area contributed by atoms with Crippen molar-refractivity contribution in [3.63, 3.8) is 0 Å². The number of carbonyl (C=O) groups is 1. The summed E-state index contributed by atoms with van der Waals surface area (Å²) in [6.45, 7) is 9.00. The Labute approximate surface area is 128 Å². The van der Waals surface area contributed by atoms with E-state index in [-0.39, 0.29) is 11.3 Å². The van der Waals surface area contributed by atoms with E-state index in [1.807, 2.05) is 38.4 Å². The lowest BCUT2D eigenvalue weighted by Crippen LogP contribution is -2.39. The number of nitrogens with zero attached hydrogens (tertiary/aromatic N) is 1. The molecule has 118 valence electrons. The van der Waals surface area contributed by atoms with E-state index in [9.17, 15) is 4.79 Å². The highest BCUT2D eigenvalue weighted by Gasteiger charge is 2.20. The van der Waals surface area contributed by atoms with Gasteiger partial charge in [-0.25, -0.2) is 0 Å². The van der Waals surface area contributed by atoms with Gasteiger partial charge in [-0.05, 0) is 50.2 Å². The smallest absolute Gasteiger partial charge is 0.251 e. The summed E-state index contributed by atoms with van der Waals surface area (Å²) in [6, 6.07) is 7.64. The minimum Gasteiger partial charge on any atom is -0.385 e. The van der Waals surface area contributed by atoms with Crippen molar-refractivity contribution in [3.05, 3.63) is 29.8 Å². The van der Waals surface area contributed by atoms with Crippen LogP contribution in [0.15, 0.2) is 24.3 Å². The SMILES string of the molecule is CCCNc1ccc(C(=O)NCC(C)(C)CN(C)C)cc1. The summed E-state index contributed by atoms with van der Waals surface area (Å²) >= 11 is 0. The molecule has 1 aromatic rings. The van der Waals surface area contributed by atoms with Gasteiger partial charge in [0.25, 0.3) is 5.91 Å². The molecule has 4 nitrogen and oxygen atoms in total. The first-order chi connectivity index (χ1) is 9.84. The van der Waals surface area contributed by atoms with Crippen LogP contribution in [0.1, 0.15) is 37.6 Å². The van der Waals surface area contributed by atoms with Crippen LogP contribution in [0.5, 0.6) is 0 Å². The van der Waals surface area contributed by atoms with E-state index in [0.29, 0.717) is 12.1 Å². The Morgan fingerprint density at radius 3 is 2.33 bits per heavy atom. The second-order valence-electron chi connectivity index (χ2n) is 6.59. The third kappa shape index (κ3) is 6.63. The molecule has 0 atom stereocenters. The van der Waals surface area contributed by atoms with Crippen LogP contribution < -0.4 is 10.6 Å². The van der Waals surface area contributed by atoms with Crippen molar-refractivity contribution in [1.82, 2.24) is 10.2 Å². The first kappa shape index (κ1) is 17.5. The van der Waals surface area contributed by atoms with Gasteiger partial charge in [0.1, 0.15) is 0 Å². The van der Waals surface area contributed by atoms with Gasteiger partial charge in [-0.2, -0.15) is 0 Å². The van der Waals surface area contributed by atoms with E-state index >= 15 is 0 Å². The minimum absolute atomic E-state index is 0.0103. The Balaban J connectivity index is 2.52. The molecule has 21 heavy (non-hydrogen) atoms. The molecule has 0 saturated heterocycles. The predicted molar refractivity (Wildman–Crippen MR) is 89.9 cm³/mol. The fourth-order valence-corrected chi connectivity index (χ4v) is 2.34. The zero-order chi connectivity index (χ0) is 15.9. The highest BCUT2D eigenvalue weighted by molar-refractivity contribution is 5.94. The second kappa shape index (κ2) is 8.03. The molecule has 0 bridgehead atoms. The number of amides is 1. The summed E-state index contributed by atoms with van der Waals surface area (Å²) < 4.78 is 0. The Hall–Kier alpha value is -1.55. The van der Waals surface area contributed by atoms with Crippen LogP contribution in [0.25, 0.3) is 0 Å². The van der Waals surface area contributed by atoms with E-state index in [1.165, 1.54) is 0 Å². The van der Waals surface area contributed by atoms with Gasteiger partial charge in [0, 0.05) is 30.9 Å². The number of benzene rings is 1. The molecular formula is C17H29N3O. The first-order valence-electron chi connectivity index (χ1n) is 7.61. The standard InChI is InChI=1S/C17H29N3O/c1-6-11-18-15-9-7-14(8-10-15)16(21)19-12-17(2,3)13-20(4)5/h7-10,18H,6,11-13H2,1-5H3,(H,19,21). The van der Waals surface area contributed by atoms with Crippen molar-refractivity contribution in [2.75, 3.05) is 39.0 Å². The molecule has 0 heterocycles. The predicted octanol–water partition coefficient (Wildman–Crippen LogP) is 2.83. The molecule has 4 heteroatoms. The van der Waals surface area contributed by atoms with Crippen molar-refractivity contribution in [1.29, 1.82) is 0 Å². The monoisotopic (exact) mass is 291 g/mol. The first-order valence-corrected chi connectivity index (χ1v) is 7.61. The molecule has 2 N–H and O–H groups in total. The highest BCUT2D eigenvalue weighted by atomic mass is 16.1. The Bertz CT molecular complexity index is 438. The molecule has 0 aliphatic rings. The molecule has 0 aromatic heterocycles. The lowest BCUT2D eigenvalue weighted by atomic mass is 9.93. The van der Waals surface area contributed by atoms with E-state index < -0.39 is 0 Å². The molecule has 0 fully saturated rings. The second-order valence-corrected chi connectivity index (χ2v) is 6.59. The Kier molecular flexibility index (Phi) is 6.69. The number of rotatable bonds is 8. The molecule has 0 radical (unpaired) electrons. The van der Waals surface area contributed by atoms with Gasteiger partial charge in [-0.15, -0.1) is 0 Å². The van der Waals surface area contributed by atoms with Crippen LogP contribution in [-0.4, -0.2) is 44.5 Å². The molecule has 0 unspecified atom stereocenters. The Morgan fingerprint density at radius 1 is 1.19 bits per heavy atom. The highest BCUT2D eigenvalue weighted by Crippen LogP contribution is 2.15. The molecule has 0 saturated carbocycles. The summed E-state index contributed by atoms with van der Waals surface area (Å²) in [5.74, 6) is -0.0103. The summed E-state index contributed by atoms with van der Waals surface area (Å²) in [4.78, 5) is 14.3. The number of hydrogen-bond donors (Lipinski definition) is 2. The lowest BCUT2D eigenvalue weighted by Gasteiger charge is -2.28. The normalized spacial score (nSPS) is 11.5. The quantitative estimate of drug-likeness (QED) is 0.774. The largest absolute Gasteiger partial charge is 0.385 e. The fraction of sp³-hybridized carbons (Fsp3) is 0.588. The van der Waals surface area contributed by atoms with Crippen LogP contribution in [0.4, 0.5) is 5.69 Å². The number of nitrogens with one attached hydrogen (secondary N) is 2. The van der Waals surface area contributed by atoms with Gasteiger partial charge >= 0.3 is 0 Å². The molecule has 0 aliphatic carbocycles. The third-order valence-corrected chi connectivity index (χ3v) is 3.20. The van der Waals surface area contributed by atoms with Crippen LogP contribution in [0.3, 0.4) is 0 Å². The van der Waals surface area contributed by atoms with Gasteiger partial charge < -0.3 is 15.5 Å². The van der Waals surface area contributed by atoms with Crippen molar-refractivity contribution in [2.45, 2.75) is 27.2 Å². The summed E-state index contributed by atoms with van der Waals surface area (Å²) in [6.07, 6.45) is 1.09. The van der Waals surface area contributed by atoms with Gasteiger partial charge in [0.15, 0.2) is 0 Å². The van der Waals surface area contributed by atoms with E-state index in [2.05, 4.69) is 36.3 Å². The fourth-order valence-electron chi connectivity index (χ4n) is 2.34. The van der Waals surface area contributed by atoms with Crippen molar-refractivity contribution >= 4 is 11.6 Å². The van der Waals surface area contributed by atoms with Crippen molar-refractivity contribution in [3.8, 4) is 0 Å². The third-order valence-electron chi connectivity index (χ3n) is 3.20. The van der Waals surface area contributed by atoms with E-state index in [0.717, 1.165) is 25.2 Å². The number of hydrogen-bond acceptors (Lipinski definition) is 3. The summed E-state index contributed by atoms with van der Waals surface area (Å²) in [5, 5.41) is 6.32. The Morgan fingerprint density at radius 2 is 1.81 bits per heavy atom. The maximum Gasteiger partial charge on any atom is 0.251 e. The maximum absolute atomic E-state index is 12.2. The van der Waals surface area contributed by atoms with Gasteiger partial charge in [-0.1, -0.05) is 20.8 Å². The maximum atomic E-state index is 12.2. The van der Waals surface area contributed by atoms with Crippen LogP contribution in [0, 0.1) is 5.41 Å². The van der Waals surface area contributed by atoms with Gasteiger partial charge in [-0.3, -0.25) is 4.79 Å². The number of anilines is 1. The molecule has 1 aromatic carbocycles. The van der Waals surface area contributed by atoms with Crippen molar-refractivity contribution in [2.24, 2.45) is 5.41 Å². The number of carbonyl (C=O) groups excluding carboxylic acids is 1. The molecule has 1 rings (SSSR count). The van der Waals surface area contributed by atoms with Crippen molar-refractivity contribution < 1.29 is 4.79 Å². The molecule has 0 aliphatic heterocycles. The van der Waals surface area contributed by atoms with Crippen LogP contribution >= 0.6 is 0 Å². The summed E-state index contributed by atoms with van der Waals surface area (Å²) in [5.41, 5.74) is 1.82. The van der Waals surface area contributed by atoms with Gasteiger partial charge in [0.05, 0.1) is 0 Å². The summed E-state index contributed by atoms with van der Waals surface area (Å²) in [7, 11) is 4.09.